The van der Waals surface area contributed by atoms with Crippen LogP contribution in [-0.2, 0) is 9.59 Å². The van der Waals surface area contributed by atoms with Crippen LogP contribution >= 0.6 is 0 Å². The molecule has 0 amide bonds. The molecule has 1 aliphatic heterocycles. The number of hydrogen-bond acceptors (Lipinski definition) is 3. The molecule has 1 rings (SSSR count). The molecule has 0 fully saturated rings. The van der Waals surface area contributed by atoms with E-state index in [1.54, 1.807) is 18.2 Å². The van der Waals surface area contributed by atoms with Crippen LogP contribution in [0.25, 0.3) is 0 Å². The van der Waals surface area contributed by atoms with Crippen molar-refractivity contribution in [1.29, 1.82) is 0 Å². The Morgan fingerprint density at radius 3 is 2.58 bits per heavy atom. The zero-order valence-corrected chi connectivity index (χ0v) is 6.31. The predicted molar refractivity (Wildman–Crippen MR) is 45.9 cm³/mol. The molecule has 0 aromatic heterocycles. The average molecular weight is 161 g/mol. The maximum absolute atomic E-state index is 10.3. The fraction of sp³-hybridized carbons (Fsp3) is 0. The number of allylic oxidation sites excluding steroid dienone is 5. The third-order valence-corrected chi connectivity index (χ3v) is 1.30. The Balaban J connectivity index is 2.90. The molecular weight excluding hydrogens is 154 g/mol. The number of aldehydes is 2. The van der Waals surface area contributed by atoms with E-state index in [0.717, 1.165) is 0 Å². The standard InChI is InChI=1S/C9H7NO2/c11-6-8-2-1-3-9(7-12)5-10-4-8/h1-7H/b2-1-,3-1?,8-2?,8-4+,9-3+,9-5?,10-4?,10-5-. The van der Waals surface area contributed by atoms with Crippen LogP contribution in [0.5, 0.6) is 0 Å². The van der Waals surface area contributed by atoms with Crippen LogP contribution in [0.2, 0.25) is 0 Å². The van der Waals surface area contributed by atoms with Gasteiger partial charge in [0.2, 0.25) is 0 Å². The Kier molecular flexibility index (Phi) is 2.90. The fourth-order valence-electron chi connectivity index (χ4n) is 0.705. The van der Waals surface area contributed by atoms with E-state index in [1.807, 2.05) is 0 Å². The molecule has 0 radical (unpaired) electrons. The van der Waals surface area contributed by atoms with Gasteiger partial charge >= 0.3 is 0 Å². The molecule has 0 saturated heterocycles. The number of carbonyl (C=O) groups is 2. The Morgan fingerprint density at radius 1 is 1.17 bits per heavy atom. The number of nitrogens with zero attached hydrogens (tertiary/aromatic N) is 1. The minimum Gasteiger partial charge on any atom is -0.298 e. The van der Waals surface area contributed by atoms with Crippen molar-refractivity contribution in [2.75, 3.05) is 0 Å². The minimum absolute atomic E-state index is 0.479. The SMILES string of the molecule is O=CC1=C/C=C\C(C=O)=C/N=C\1. The summed E-state index contributed by atoms with van der Waals surface area (Å²) in [5.41, 5.74) is 0.958. The van der Waals surface area contributed by atoms with E-state index >= 15 is 0 Å². The van der Waals surface area contributed by atoms with Crippen LogP contribution in [0.1, 0.15) is 0 Å². The number of hydrogen-bond donors (Lipinski definition) is 0. The maximum atomic E-state index is 10.3. The van der Waals surface area contributed by atoms with Crippen LogP contribution < -0.4 is 0 Å². The van der Waals surface area contributed by atoms with E-state index in [1.165, 1.54) is 12.4 Å². The largest absolute Gasteiger partial charge is 0.298 e. The Labute approximate surface area is 69.8 Å². The molecule has 3 nitrogen and oxygen atoms in total. The summed E-state index contributed by atoms with van der Waals surface area (Å²) in [6.07, 6.45) is 9.02. The van der Waals surface area contributed by atoms with Gasteiger partial charge in [-0.25, -0.2) is 0 Å². The molecule has 3 heteroatoms. The van der Waals surface area contributed by atoms with Gasteiger partial charge in [0, 0.05) is 23.6 Å². The van der Waals surface area contributed by atoms with Crippen molar-refractivity contribution in [1.82, 2.24) is 0 Å². The van der Waals surface area contributed by atoms with Crippen molar-refractivity contribution in [2.45, 2.75) is 0 Å². The Morgan fingerprint density at radius 2 is 1.92 bits per heavy atom. The summed E-state index contributed by atoms with van der Waals surface area (Å²) in [7, 11) is 0. The van der Waals surface area contributed by atoms with E-state index in [-0.39, 0.29) is 0 Å². The summed E-state index contributed by atoms with van der Waals surface area (Å²) >= 11 is 0. The first kappa shape index (κ1) is 8.33. The number of aliphatic imine (C=N–C) groups is 1. The highest BCUT2D eigenvalue weighted by Gasteiger charge is 1.91. The van der Waals surface area contributed by atoms with Crippen molar-refractivity contribution in [3.05, 3.63) is 35.6 Å². The summed E-state index contributed by atoms with van der Waals surface area (Å²) in [4.78, 5) is 24.4. The van der Waals surface area contributed by atoms with Gasteiger partial charge in [0.05, 0.1) is 0 Å². The molecule has 60 valence electrons. The van der Waals surface area contributed by atoms with E-state index in [4.69, 9.17) is 0 Å². The summed E-state index contributed by atoms with van der Waals surface area (Å²) in [5.74, 6) is 0. The summed E-state index contributed by atoms with van der Waals surface area (Å²) in [6.45, 7) is 0. The second-order valence-electron chi connectivity index (χ2n) is 2.17. The zero-order chi connectivity index (χ0) is 8.81. The maximum Gasteiger partial charge on any atom is 0.151 e. The summed E-state index contributed by atoms with van der Waals surface area (Å²) < 4.78 is 0. The van der Waals surface area contributed by atoms with Gasteiger partial charge in [-0.2, -0.15) is 0 Å². The first-order valence-corrected chi connectivity index (χ1v) is 3.39. The van der Waals surface area contributed by atoms with Crippen molar-refractivity contribution >= 4 is 18.8 Å². The van der Waals surface area contributed by atoms with Gasteiger partial charge < -0.3 is 0 Å². The van der Waals surface area contributed by atoms with Gasteiger partial charge in [-0.05, 0) is 0 Å². The van der Waals surface area contributed by atoms with Crippen molar-refractivity contribution in [2.24, 2.45) is 4.99 Å². The molecule has 1 aliphatic rings. The molecular formula is C9H7NO2. The van der Waals surface area contributed by atoms with Crippen LogP contribution in [0.15, 0.2) is 40.6 Å². The molecule has 1 heterocycles. The van der Waals surface area contributed by atoms with Crippen LogP contribution in [0.3, 0.4) is 0 Å². The molecule has 0 unspecified atom stereocenters. The lowest BCUT2D eigenvalue weighted by molar-refractivity contribution is -0.105. The van der Waals surface area contributed by atoms with Crippen molar-refractivity contribution < 1.29 is 9.59 Å². The van der Waals surface area contributed by atoms with E-state index < -0.39 is 0 Å². The van der Waals surface area contributed by atoms with Crippen molar-refractivity contribution in [3.63, 3.8) is 0 Å². The normalized spacial score (nSPS) is 29.7. The highest BCUT2D eigenvalue weighted by molar-refractivity contribution is 6.02. The summed E-state index contributed by atoms with van der Waals surface area (Å²) in [5, 5.41) is 0. The highest BCUT2D eigenvalue weighted by Crippen LogP contribution is 1.98. The third kappa shape index (κ3) is 2.12. The molecule has 0 aromatic carbocycles. The first-order valence-electron chi connectivity index (χ1n) is 3.39. The van der Waals surface area contributed by atoms with Crippen LogP contribution in [0, 0.1) is 0 Å². The highest BCUT2D eigenvalue weighted by atomic mass is 16.1. The van der Waals surface area contributed by atoms with E-state index in [2.05, 4.69) is 4.99 Å². The topological polar surface area (TPSA) is 46.5 Å². The third-order valence-electron chi connectivity index (χ3n) is 1.30. The molecule has 0 atom stereocenters. The zero-order valence-electron chi connectivity index (χ0n) is 6.31. The average Bonchev–Trinajstić information content (AvgIpc) is 2.05. The second-order valence-corrected chi connectivity index (χ2v) is 2.17. The Bertz CT molecular complexity index is 276. The molecule has 12 heavy (non-hydrogen) atoms. The van der Waals surface area contributed by atoms with Gasteiger partial charge in [-0.3, -0.25) is 14.6 Å². The Hall–Kier alpha value is -1.77. The first-order chi connectivity index (χ1) is 5.86. The van der Waals surface area contributed by atoms with E-state index in [0.29, 0.717) is 23.7 Å². The number of rotatable bonds is 2. The molecule has 0 N–H and O–H groups in total. The molecule has 0 aliphatic carbocycles. The summed E-state index contributed by atoms with van der Waals surface area (Å²) in [6, 6.07) is 0. The van der Waals surface area contributed by atoms with E-state index in [9.17, 15) is 9.59 Å². The fourth-order valence-corrected chi connectivity index (χ4v) is 0.705. The van der Waals surface area contributed by atoms with Crippen LogP contribution in [0.4, 0.5) is 0 Å². The van der Waals surface area contributed by atoms with Gasteiger partial charge in [0.1, 0.15) is 0 Å². The quantitative estimate of drug-likeness (QED) is 0.563. The lowest BCUT2D eigenvalue weighted by atomic mass is 10.2. The van der Waals surface area contributed by atoms with Crippen molar-refractivity contribution in [3.8, 4) is 0 Å². The molecule has 0 aromatic rings. The lowest BCUT2D eigenvalue weighted by Gasteiger charge is -1.91. The number of carbonyl (C=O) groups excluding carboxylic acids is 2. The monoisotopic (exact) mass is 161 g/mol. The van der Waals surface area contributed by atoms with Gasteiger partial charge in [-0.1, -0.05) is 18.2 Å². The molecule has 0 saturated carbocycles. The predicted octanol–water partition coefficient (Wildman–Crippen LogP) is 0.835. The minimum atomic E-state index is 0.479. The lowest BCUT2D eigenvalue weighted by Crippen LogP contribution is -1.87. The van der Waals surface area contributed by atoms with Gasteiger partial charge in [0.15, 0.2) is 12.6 Å². The smallest absolute Gasteiger partial charge is 0.151 e. The second kappa shape index (κ2) is 4.18. The molecule has 0 spiro atoms. The molecule has 0 bridgehead atoms. The van der Waals surface area contributed by atoms with Gasteiger partial charge in [-0.15, -0.1) is 0 Å². The van der Waals surface area contributed by atoms with Gasteiger partial charge in [0.25, 0.3) is 0 Å². The van der Waals surface area contributed by atoms with Crippen LogP contribution in [-0.4, -0.2) is 18.8 Å².